The topological polar surface area (TPSA) is 48.1 Å². The summed E-state index contributed by atoms with van der Waals surface area (Å²) in [6.45, 7) is 0.882. The van der Waals surface area contributed by atoms with E-state index in [-0.39, 0.29) is 0 Å². The highest BCUT2D eigenvalue weighted by Gasteiger charge is 2.02. The summed E-state index contributed by atoms with van der Waals surface area (Å²) < 4.78 is 7.79. The molecule has 0 unspecified atom stereocenters. The van der Waals surface area contributed by atoms with Gasteiger partial charge in [-0.2, -0.15) is 0 Å². The van der Waals surface area contributed by atoms with Crippen molar-refractivity contribution in [3.8, 4) is 5.75 Å². The summed E-state index contributed by atoms with van der Waals surface area (Å²) in [5.41, 5.74) is 3.84. The van der Waals surface area contributed by atoms with Crippen molar-refractivity contribution < 1.29 is 9.57 Å². The van der Waals surface area contributed by atoms with Crippen molar-refractivity contribution in [2.24, 2.45) is 5.16 Å². The number of pyridine rings is 1. The van der Waals surface area contributed by atoms with Crippen LogP contribution in [0.4, 0.5) is 0 Å². The average molecular weight is 357 g/mol. The van der Waals surface area contributed by atoms with E-state index >= 15 is 0 Å². The smallest absolute Gasteiger partial charge is 0.142 e. The quantitative estimate of drug-likeness (QED) is 0.362. The Bertz CT molecular complexity index is 991. The molecule has 0 aliphatic heterocycles. The normalized spacial score (nSPS) is 11.1. The highest BCUT2D eigenvalue weighted by molar-refractivity contribution is 5.79. The molecule has 0 N–H and O–H groups in total. The number of aromatic nitrogens is 2. The van der Waals surface area contributed by atoms with Gasteiger partial charge in [-0.15, -0.1) is 0 Å². The first kappa shape index (κ1) is 16.8. The number of fused-ring (bicyclic) bond motifs is 1. The SMILES string of the molecule is C(=NOCc1ccccc1)c1ccc(OCc2cn3ccccc3n2)cc1. The van der Waals surface area contributed by atoms with Gasteiger partial charge in [-0.1, -0.05) is 41.6 Å². The molecule has 4 aromatic rings. The van der Waals surface area contributed by atoms with Crippen LogP contribution in [0.5, 0.6) is 5.75 Å². The predicted molar refractivity (Wildman–Crippen MR) is 105 cm³/mol. The maximum Gasteiger partial charge on any atom is 0.142 e. The molecular formula is C22H19N3O2. The van der Waals surface area contributed by atoms with Gasteiger partial charge in [0.2, 0.25) is 0 Å². The molecule has 5 nitrogen and oxygen atoms in total. The lowest BCUT2D eigenvalue weighted by Gasteiger charge is -2.04. The van der Waals surface area contributed by atoms with E-state index in [2.05, 4.69) is 10.1 Å². The fourth-order valence-corrected chi connectivity index (χ4v) is 2.65. The predicted octanol–water partition coefficient (Wildman–Crippen LogP) is 4.46. The Balaban J connectivity index is 1.28. The van der Waals surface area contributed by atoms with Crippen molar-refractivity contribution in [3.05, 3.63) is 102 Å². The van der Waals surface area contributed by atoms with Gasteiger partial charge in [-0.3, -0.25) is 0 Å². The van der Waals surface area contributed by atoms with Gasteiger partial charge in [0.05, 0.1) is 11.9 Å². The molecule has 2 aromatic heterocycles. The summed E-state index contributed by atoms with van der Waals surface area (Å²) in [6, 6.07) is 23.6. The fourth-order valence-electron chi connectivity index (χ4n) is 2.65. The van der Waals surface area contributed by atoms with E-state index < -0.39 is 0 Å². The Kier molecular flexibility index (Phi) is 5.11. The Hall–Kier alpha value is -3.60. The van der Waals surface area contributed by atoms with Gasteiger partial charge in [0.1, 0.15) is 24.6 Å². The van der Waals surface area contributed by atoms with Crippen molar-refractivity contribution in [1.82, 2.24) is 9.38 Å². The largest absolute Gasteiger partial charge is 0.487 e. The second-order valence-electron chi connectivity index (χ2n) is 6.05. The lowest BCUT2D eigenvalue weighted by molar-refractivity contribution is 0.132. The van der Waals surface area contributed by atoms with Crippen LogP contribution in [0, 0.1) is 0 Å². The zero-order chi connectivity index (χ0) is 18.3. The minimum Gasteiger partial charge on any atom is -0.487 e. The highest BCUT2D eigenvalue weighted by Crippen LogP contribution is 2.14. The number of hydrogen-bond acceptors (Lipinski definition) is 4. The molecule has 27 heavy (non-hydrogen) atoms. The van der Waals surface area contributed by atoms with Gasteiger partial charge in [0.25, 0.3) is 0 Å². The van der Waals surface area contributed by atoms with Crippen LogP contribution in [-0.4, -0.2) is 15.6 Å². The summed E-state index contributed by atoms with van der Waals surface area (Å²) in [4.78, 5) is 9.84. The molecule has 0 fully saturated rings. The van der Waals surface area contributed by atoms with Gasteiger partial charge in [-0.25, -0.2) is 4.98 Å². The molecular weight excluding hydrogens is 338 g/mol. The van der Waals surface area contributed by atoms with Crippen LogP contribution in [0.2, 0.25) is 0 Å². The van der Waals surface area contributed by atoms with Crippen LogP contribution in [0.15, 0.2) is 90.3 Å². The fraction of sp³-hybridized carbons (Fsp3) is 0.0909. The standard InChI is InChI=1S/C22H19N3O2/c1-2-6-19(7-3-1)16-27-23-14-18-9-11-21(12-10-18)26-17-20-15-25-13-5-4-8-22(25)24-20/h1-15H,16-17H2. The van der Waals surface area contributed by atoms with Crippen molar-refractivity contribution >= 4 is 11.9 Å². The second-order valence-corrected chi connectivity index (χ2v) is 6.05. The van der Waals surface area contributed by atoms with E-state index in [1.54, 1.807) is 6.21 Å². The van der Waals surface area contributed by atoms with E-state index in [4.69, 9.17) is 9.57 Å². The van der Waals surface area contributed by atoms with Crippen LogP contribution in [0.3, 0.4) is 0 Å². The zero-order valence-corrected chi connectivity index (χ0v) is 14.7. The molecule has 0 aliphatic rings. The van der Waals surface area contributed by atoms with Gasteiger partial charge in [-0.05, 0) is 47.5 Å². The molecule has 4 rings (SSSR count). The minimum absolute atomic E-state index is 0.426. The minimum atomic E-state index is 0.426. The maximum atomic E-state index is 5.81. The third-order valence-electron chi connectivity index (χ3n) is 4.03. The molecule has 0 spiro atoms. The first-order chi connectivity index (χ1) is 13.4. The third-order valence-corrected chi connectivity index (χ3v) is 4.03. The molecule has 0 radical (unpaired) electrons. The maximum absolute atomic E-state index is 5.81. The Morgan fingerprint density at radius 1 is 0.889 bits per heavy atom. The van der Waals surface area contributed by atoms with Crippen LogP contribution in [-0.2, 0) is 18.1 Å². The molecule has 0 aliphatic carbocycles. The summed E-state index contributed by atoms with van der Waals surface area (Å²) >= 11 is 0. The zero-order valence-electron chi connectivity index (χ0n) is 14.7. The van der Waals surface area contributed by atoms with E-state index in [9.17, 15) is 0 Å². The van der Waals surface area contributed by atoms with Crippen LogP contribution in [0.25, 0.3) is 5.65 Å². The van der Waals surface area contributed by atoms with Crippen molar-refractivity contribution in [3.63, 3.8) is 0 Å². The highest BCUT2D eigenvalue weighted by atomic mass is 16.6. The second kappa shape index (κ2) is 8.19. The number of rotatable bonds is 7. The lowest BCUT2D eigenvalue weighted by atomic mass is 10.2. The molecule has 0 bridgehead atoms. The molecule has 0 atom stereocenters. The van der Waals surface area contributed by atoms with E-state index in [1.807, 2.05) is 89.6 Å². The number of imidazole rings is 1. The Morgan fingerprint density at radius 2 is 1.70 bits per heavy atom. The lowest BCUT2D eigenvalue weighted by Crippen LogP contribution is -1.95. The van der Waals surface area contributed by atoms with Crippen molar-refractivity contribution in [2.45, 2.75) is 13.2 Å². The van der Waals surface area contributed by atoms with Crippen LogP contribution < -0.4 is 4.74 Å². The molecule has 0 saturated heterocycles. The molecule has 2 aromatic carbocycles. The van der Waals surface area contributed by atoms with Gasteiger partial charge in [0, 0.05) is 12.4 Å². The molecule has 5 heteroatoms. The third kappa shape index (κ3) is 4.52. The number of oxime groups is 1. The van der Waals surface area contributed by atoms with E-state index in [0.29, 0.717) is 13.2 Å². The molecule has 134 valence electrons. The monoisotopic (exact) mass is 357 g/mol. The van der Waals surface area contributed by atoms with Gasteiger partial charge >= 0.3 is 0 Å². The average Bonchev–Trinajstić information content (AvgIpc) is 3.14. The summed E-state index contributed by atoms with van der Waals surface area (Å²) in [7, 11) is 0. The molecule has 0 amide bonds. The van der Waals surface area contributed by atoms with Crippen molar-refractivity contribution in [1.29, 1.82) is 0 Å². The Labute approximate surface area is 157 Å². The van der Waals surface area contributed by atoms with E-state index in [1.165, 1.54) is 0 Å². The number of benzene rings is 2. The number of nitrogens with zero attached hydrogens (tertiary/aromatic N) is 3. The van der Waals surface area contributed by atoms with Gasteiger partial charge < -0.3 is 14.0 Å². The Morgan fingerprint density at radius 3 is 2.52 bits per heavy atom. The van der Waals surface area contributed by atoms with E-state index in [0.717, 1.165) is 28.2 Å². The van der Waals surface area contributed by atoms with Gasteiger partial charge in [0.15, 0.2) is 0 Å². The summed E-state index contributed by atoms with van der Waals surface area (Å²) in [6.07, 6.45) is 5.63. The summed E-state index contributed by atoms with van der Waals surface area (Å²) in [5, 5.41) is 4.01. The van der Waals surface area contributed by atoms with Crippen LogP contribution in [0.1, 0.15) is 16.8 Å². The van der Waals surface area contributed by atoms with Crippen molar-refractivity contribution in [2.75, 3.05) is 0 Å². The first-order valence-corrected chi connectivity index (χ1v) is 8.71. The molecule has 0 saturated carbocycles. The van der Waals surface area contributed by atoms with Crippen LogP contribution >= 0.6 is 0 Å². The molecule has 2 heterocycles. The number of ether oxygens (including phenoxy) is 1. The summed E-state index contributed by atoms with van der Waals surface area (Å²) in [5.74, 6) is 0.786. The first-order valence-electron chi connectivity index (χ1n) is 8.71. The number of hydrogen-bond donors (Lipinski definition) is 0.